The first kappa shape index (κ1) is 106. The monoisotopic (exact) mass is 1930 g/mol. The molecule has 686 valence electrons. The number of amides is 4. The minimum atomic E-state index is -3.42. The normalized spacial score (nSPS) is 11.7. The molecule has 0 fully saturated rings. The third kappa shape index (κ3) is 31.2. The third-order valence-corrected chi connectivity index (χ3v) is 25.8. The summed E-state index contributed by atoms with van der Waals surface area (Å²) in [6.07, 6.45) is 0.284. The van der Waals surface area contributed by atoms with Gasteiger partial charge in [0.05, 0.1) is 66.7 Å². The number of aromatic carboxylic acids is 2. The Morgan fingerprint density at radius 2 is 0.785 bits per heavy atom. The number of nitrogens with two attached hydrogens (primary N) is 1. The van der Waals surface area contributed by atoms with Crippen LogP contribution in [0.15, 0.2) is 208 Å². The second-order valence-electron chi connectivity index (χ2n) is 27.8. The zero-order valence-corrected chi connectivity index (χ0v) is 80.4. The van der Waals surface area contributed by atoms with E-state index in [0.717, 1.165) is 91.0 Å². The van der Waals surface area contributed by atoms with Gasteiger partial charge in [0.25, 0.3) is 11.8 Å². The number of carbonyl (C=O) groups is 7. The van der Waals surface area contributed by atoms with Gasteiger partial charge in [-0.1, -0.05) is 97.1 Å². The number of thiazole rings is 3. The number of benzene rings is 8. The van der Waals surface area contributed by atoms with E-state index >= 15 is 0 Å². The van der Waals surface area contributed by atoms with Crippen LogP contribution >= 0.6 is 49.2 Å². The van der Waals surface area contributed by atoms with Crippen molar-refractivity contribution in [3.05, 3.63) is 249 Å². The molecule has 11 aromatic rings. The summed E-state index contributed by atoms with van der Waals surface area (Å²) in [6, 6.07) is 53.3. The van der Waals surface area contributed by atoms with Crippen LogP contribution < -0.4 is 75.5 Å². The van der Waals surface area contributed by atoms with Crippen molar-refractivity contribution in [3.63, 3.8) is 0 Å². The molecule has 0 bridgehead atoms. The fraction of sp³-hybridized carbons (Fsp3) is 0.264. The van der Waals surface area contributed by atoms with Gasteiger partial charge in [-0.2, -0.15) is 0 Å². The van der Waals surface area contributed by atoms with E-state index in [1.165, 1.54) is 77.8 Å². The van der Waals surface area contributed by atoms with Gasteiger partial charge in [0.2, 0.25) is 0 Å². The maximum absolute atomic E-state index is 12.5. The molecule has 35 nitrogen and oxygen atoms in total. The Balaban J connectivity index is 0.000000225. The predicted octanol–water partition coefficient (Wildman–Crippen LogP) is 15.0. The van der Waals surface area contributed by atoms with Crippen LogP contribution in [0.1, 0.15) is 142 Å². The Kier molecular flexibility index (Phi) is 40.4. The molecular formula is C87H95N8NaO27P2S5. The van der Waals surface area contributed by atoms with Crippen molar-refractivity contribution in [2.45, 2.75) is 89.2 Å². The second-order valence-corrected chi connectivity index (χ2v) is 38.5. The molecule has 130 heavy (non-hydrogen) atoms. The van der Waals surface area contributed by atoms with Gasteiger partial charge in [0.15, 0.2) is 40.8 Å². The molecule has 43 heteroatoms. The van der Waals surface area contributed by atoms with E-state index in [4.69, 9.17) is 62.1 Å². The molecule has 0 saturated carbocycles. The summed E-state index contributed by atoms with van der Waals surface area (Å²) in [6.45, 7) is 15.4. The van der Waals surface area contributed by atoms with E-state index in [0.29, 0.717) is 39.4 Å². The number of sulfone groups is 2. The maximum atomic E-state index is 12.5. The topological polar surface area (TPSA) is 507 Å². The van der Waals surface area contributed by atoms with Crippen LogP contribution in [0.3, 0.4) is 0 Å². The molecule has 8 aromatic carbocycles. The number of carboxylic acid groups (broad SMARTS) is 2. The summed E-state index contributed by atoms with van der Waals surface area (Å²) in [5.41, 5.74) is 15.0. The Bertz CT molecular complexity index is 5970. The number of rotatable bonds is 33. The summed E-state index contributed by atoms with van der Waals surface area (Å²) in [4.78, 5) is 94.5. The fourth-order valence-electron chi connectivity index (χ4n) is 12.3. The van der Waals surface area contributed by atoms with Crippen LogP contribution in [-0.4, -0.2) is 173 Å². The number of hydrogen-bond acceptors (Lipinski definition) is 32. The van der Waals surface area contributed by atoms with Crippen molar-refractivity contribution in [1.29, 1.82) is 0 Å². The van der Waals surface area contributed by atoms with Gasteiger partial charge in [0.1, 0.15) is 71.7 Å². The number of carbonyl (C=O) groups excluding carboxylic acids is 5. The molecule has 0 aliphatic heterocycles. The van der Waals surface area contributed by atoms with Gasteiger partial charge in [0, 0.05) is 52.6 Å². The minimum absolute atomic E-state index is 0. The van der Waals surface area contributed by atoms with Crippen molar-refractivity contribution in [3.8, 4) is 56.8 Å². The second kappa shape index (κ2) is 49.6. The number of nitrogens with zero attached hydrogens (tertiary/aromatic N) is 3. The number of carboxylic acids is 2. The quantitative estimate of drug-likeness (QED) is 0.00869. The van der Waals surface area contributed by atoms with Crippen LogP contribution in [0.25, 0.3) is 22.3 Å². The summed E-state index contributed by atoms with van der Waals surface area (Å²) in [5, 5.41) is 33.1. The largest absolute Gasteiger partial charge is 1.00 e. The van der Waals surface area contributed by atoms with E-state index in [-0.39, 0.29) is 160 Å². The van der Waals surface area contributed by atoms with Crippen molar-refractivity contribution >= 4 is 126 Å². The minimum Gasteiger partial charge on any atom is -0.870 e. The number of methoxy groups -OCH3 is 1. The van der Waals surface area contributed by atoms with Crippen molar-refractivity contribution < 1.29 is 156 Å². The van der Waals surface area contributed by atoms with E-state index < -0.39 is 76.8 Å². The SMILES string of the molecule is CC(C)Oc1cc(Oc2ccc(S(C)(=O)=O)cc2)cc(C(=O)O)c1.CCOP(=O)(CNC(=O)c1csc(N)n1)OCC.CCOP(=O)(CNC(=O)c1csc(NC(=O)OCC2c3ccccc3-c3ccccc32)n1)OCC.COC(=O)c1cc(Oc2ccc(S(C)(=O)=O)cc2)cc(OC(C)C)c1.O=C(Nc1nc(C(=O)O)cs1)OCC1c2ccccc2-c2ccccc21.[Na+].[OH-]. The molecule has 2 aliphatic rings. The Hall–Kier alpha value is -11.3. The molecule has 4 amide bonds. The molecule has 13 rings (SSSR count). The molecule has 9 N–H and O–H groups in total. The number of nitrogens with one attached hydrogen (secondary N) is 4. The van der Waals surface area contributed by atoms with E-state index in [9.17, 15) is 64.6 Å². The third-order valence-electron chi connectivity index (χ3n) is 17.6. The molecule has 3 heterocycles. The van der Waals surface area contributed by atoms with Crippen molar-refractivity contribution in [1.82, 2.24) is 25.6 Å². The molecule has 0 saturated heterocycles. The molecule has 0 spiro atoms. The Labute approximate surface area is 784 Å². The first-order valence-corrected chi connectivity index (χ1v) is 49.1. The first-order chi connectivity index (χ1) is 60.9. The molecular weight excluding hydrogens is 1830 g/mol. The van der Waals surface area contributed by atoms with Crippen LogP contribution in [0, 0.1) is 0 Å². The molecule has 0 atom stereocenters. The number of nitrogen functional groups attached to an aromatic ring is 1. The number of anilines is 3. The zero-order valence-electron chi connectivity index (χ0n) is 72.5. The molecule has 0 radical (unpaired) electrons. The van der Waals surface area contributed by atoms with E-state index in [1.807, 2.05) is 100 Å². The average Bonchev–Trinajstić information content (AvgIpc) is 1.62. The summed E-state index contributed by atoms with van der Waals surface area (Å²) in [7, 11) is -12.0. The van der Waals surface area contributed by atoms with Crippen molar-refractivity contribution in [2.24, 2.45) is 0 Å². The predicted molar refractivity (Wildman–Crippen MR) is 485 cm³/mol. The number of aromatic nitrogens is 3. The number of esters is 1. The van der Waals surface area contributed by atoms with Crippen LogP contribution in [0.4, 0.5) is 25.0 Å². The molecule has 0 unspecified atom stereocenters. The van der Waals surface area contributed by atoms with Crippen LogP contribution in [-0.2, 0) is 61.1 Å². The van der Waals surface area contributed by atoms with Gasteiger partial charge >= 0.3 is 74.8 Å². The van der Waals surface area contributed by atoms with Crippen LogP contribution in [0.2, 0.25) is 0 Å². The van der Waals surface area contributed by atoms with Gasteiger partial charge in [-0.15, -0.1) is 34.0 Å². The van der Waals surface area contributed by atoms with Crippen LogP contribution in [0.5, 0.6) is 34.5 Å². The average molecular weight is 1930 g/mol. The van der Waals surface area contributed by atoms with Gasteiger partial charge in [-0.3, -0.25) is 29.4 Å². The summed E-state index contributed by atoms with van der Waals surface area (Å²) >= 11 is 3.28. The molecule has 2 aliphatic carbocycles. The van der Waals surface area contributed by atoms with Crippen molar-refractivity contribution in [2.75, 3.05) is 88.2 Å². The zero-order chi connectivity index (χ0) is 93.0. The van der Waals surface area contributed by atoms with Gasteiger partial charge < -0.3 is 83.3 Å². The Morgan fingerprint density at radius 1 is 0.454 bits per heavy atom. The first-order valence-electron chi connectivity index (χ1n) is 39.2. The standard InChI is InChI=1S/C24H26N3O6PS.C19H14N2O4S.C18H20O6S.C17H18O6S.C9H16N3O4PS.Na.H2O/c1-3-32-34(30,33-4-2)15-25-22(28)21-14-35-23(26-21)27-24(29)31-13-20-18-11-7-5-9-16(18)17-10-6-8-12-19(17)20;22-17(23)16-10-26-18(20-16)21-19(24)25-9-15-13-7-3-1-5-11(13)12-6-2-4-8-14(12)15;1-12(2)23-15-9-13(18(19)22-3)10-16(11-15)24-14-5-7-17(8-6-14)25(4,20)21;1-11(2)22-14-8-12(17(18)19)9-15(10-14)23-13-4-6-16(7-5-13)24(3,20)21;1-3-15-17(14,16-4-2)6-11-8(13)7-5-18-9(10)12-7;;/h5-12,14,20H,3-4,13,15H2,1-2H3,(H,25,28)(H,26,27,29);1-8,10,15H,9H2,(H,22,23)(H,20,21,24);5-12H,1-4H3;4-11H,1-3H3,(H,18,19);5H,3-4,6H2,1-2H3,(H2,10,12)(H,11,13);;1H2/q;;;;;+1;/p-1. The fourth-order valence-corrected chi connectivity index (χ4v) is 18.3. The van der Waals surface area contributed by atoms with E-state index in [1.54, 1.807) is 58.0 Å². The summed E-state index contributed by atoms with van der Waals surface area (Å²) in [5.74, 6) is -1.49. The molecule has 3 aromatic heterocycles. The number of ether oxygens (including phenoxy) is 7. The number of hydrogen-bond donors (Lipinski definition) is 7. The van der Waals surface area contributed by atoms with E-state index in [2.05, 4.69) is 60.5 Å². The van der Waals surface area contributed by atoms with Gasteiger partial charge in [-0.25, -0.2) is 55.8 Å². The maximum Gasteiger partial charge on any atom is 1.00 e. The number of fused-ring (bicyclic) bond motifs is 6. The summed E-state index contributed by atoms with van der Waals surface area (Å²) < 4.78 is 129. The Morgan fingerprint density at radius 3 is 1.11 bits per heavy atom. The smallest absolute Gasteiger partial charge is 0.870 e. The van der Waals surface area contributed by atoms with Gasteiger partial charge in [-0.05, 0) is 173 Å².